The number of carbonyl (C=O) groups excluding carboxylic acids is 1. The van der Waals surface area contributed by atoms with Gasteiger partial charge >= 0.3 is 0 Å². The smallest absolute Gasteiger partial charge is 0.240 e. The molecule has 3 N–H and O–H groups in total. The summed E-state index contributed by atoms with van der Waals surface area (Å²) in [6.07, 6.45) is 10.5. The molecule has 0 radical (unpaired) electrons. The third-order valence-corrected chi connectivity index (χ3v) is 4.46. The molecule has 1 amide bonds. The second-order valence-electron chi connectivity index (χ2n) is 6.39. The fourth-order valence-corrected chi connectivity index (χ4v) is 2.53. The number of aromatic nitrogens is 4. The molecular formula is C15H18N6O. The van der Waals surface area contributed by atoms with E-state index in [-0.39, 0.29) is 5.91 Å². The van der Waals surface area contributed by atoms with E-state index in [1.165, 1.54) is 0 Å². The highest BCUT2D eigenvalue weighted by atomic mass is 16.2. The van der Waals surface area contributed by atoms with Crippen LogP contribution in [0.2, 0.25) is 0 Å². The summed E-state index contributed by atoms with van der Waals surface area (Å²) >= 11 is 0. The normalized spacial score (nSPS) is 20.5. The summed E-state index contributed by atoms with van der Waals surface area (Å²) < 4.78 is 1.74. The standard InChI is InChI=1S/C15H18N6O/c1-21-9-11(8-19-21)10-6-17-12(18-7-10)15(4-5-15)20-13(22)14(16)2-3-14/h6-9H,2-5,16H2,1H3,(H,20,22). The molecular weight excluding hydrogens is 280 g/mol. The van der Waals surface area contributed by atoms with Crippen LogP contribution in [0.3, 0.4) is 0 Å². The van der Waals surface area contributed by atoms with Crippen LogP contribution < -0.4 is 11.1 Å². The van der Waals surface area contributed by atoms with E-state index in [0.29, 0.717) is 5.82 Å². The van der Waals surface area contributed by atoms with Gasteiger partial charge < -0.3 is 11.1 Å². The van der Waals surface area contributed by atoms with E-state index in [1.54, 1.807) is 23.3 Å². The monoisotopic (exact) mass is 298 g/mol. The molecule has 0 spiro atoms. The molecule has 2 heterocycles. The molecule has 22 heavy (non-hydrogen) atoms. The third kappa shape index (κ3) is 2.18. The highest BCUT2D eigenvalue weighted by molar-refractivity contribution is 5.89. The summed E-state index contributed by atoms with van der Waals surface area (Å²) in [5, 5.41) is 7.18. The van der Waals surface area contributed by atoms with Gasteiger partial charge in [0.1, 0.15) is 0 Å². The Hall–Kier alpha value is -2.28. The summed E-state index contributed by atoms with van der Waals surface area (Å²) in [5.74, 6) is 0.586. The van der Waals surface area contributed by atoms with Crippen LogP contribution in [0.1, 0.15) is 31.5 Å². The van der Waals surface area contributed by atoms with Gasteiger partial charge in [0, 0.05) is 36.8 Å². The van der Waals surface area contributed by atoms with E-state index in [1.807, 2.05) is 13.2 Å². The Bertz CT molecular complexity index is 727. The maximum absolute atomic E-state index is 12.1. The molecule has 2 aliphatic carbocycles. The van der Waals surface area contributed by atoms with Gasteiger partial charge in [-0.3, -0.25) is 9.48 Å². The van der Waals surface area contributed by atoms with Gasteiger partial charge in [-0.1, -0.05) is 0 Å². The van der Waals surface area contributed by atoms with Crippen molar-refractivity contribution in [2.24, 2.45) is 12.8 Å². The Morgan fingerprint density at radius 2 is 1.86 bits per heavy atom. The molecule has 7 heteroatoms. The molecule has 0 saturated heterocycles. The minimum Gasteiger partial charge on any atom is -0.342 e. The maximum Gasteiger partial charge on any atom is 0.240 e. The van der Waals surface area contributed by atoms with Crippen LogP contribution in [0.4, 0.5) is 0 Å². The SMILES string of the molecule is Cn1cc(-c2cnc(C3(NC(=O)C4(N)CC4)CC3)nc2)cn1. The van der Waals surface area contributed by atoms with Gasteiger partial charge in [0.2, 0.25) is 5.91 Å². The predicted octanol–water partition coefficient (Wildman–Crippen LogP) is 0.474. The zero-order valence-electron chi connectivity index (χ0n) is 12.4. The number of nitrogens with zero attached hydrogens (tertiary/aromatic N) is 4. The lowest BCUT2D eigenvalue weighted by Gasteiger charge is -2.18. The second-order valence-corrected chi connectivity index (χ2v) is 6.39. The van der Waals surface area contributed by atoms with E-state index in [4.69, 9.17) is 5.73 Å². The molecule has 0 bridgehead atoms. The van der Waals surface area contributed by atoms with Gasteiger partial charge in [0.25, 0.3) is 0 Å². The van der Waals surface area contributed by atoms with Crippen LogP contribution in [0, 0.1) is 0 Å². The summed E-state index contributed by atoms with van der Waals surface area (Å²) in [5.41, 5.74) is 6.75. The molecule has 2 saturated carbocycles. The van der Waals surface area contributed by atoms with Gasteiger partial charge in [-0.15, -0.1) is 0 Å². The first kappa shape index (κ1) is 13.4. The molecule has 114 valence electrons. The minimum absolute atomic E-state index is 0.0788. The summed E-state index contributed by atoms with van der Waals surface area (Å²) in [4.78, 5) is 21.0. The zero-order valence-corrected chi connectivity index (χ0v) is 12.4. The molecule has 2 aromatic heterocycles. The van der Waals surface area contributed by atoms with Gasteiger partial charge in [0.15, 0.2) is 5.82 Å². The number of hydrogen-bond acceptors (Lipinski definition) is 5. The van der Waals surface area contributed by atoms with Gasteiger partial charge in [0.05, 0.1) is 17.3 Å². The van der Waals surface area contributed by atoms with Crippen molar-refractivity contribution in [3.8, 4) is 11.1 Å². The van der Waals surface area contributed by atoms with E-state index in [2.05, 4.69) is 20.4 Å². The number of rotatable bonds is 4. The van der Waals surface area contributed by atoms with Crippen LogP contribution in [-0.2, 0) is 17.4 Å². The largest absolute Gasteiger partial charge is 0.342 e. The molecule has 2 aromatic rings. The number of amides is 1. The summed E-state index contributed by atoms with van der Waals surface area (Å²) in [7, 11) is 1.87. The number of carbonyl (C=O) groups is 1. The van der Waals surface area contributed by atoms with E-state index in [9.17, 15) is 4.79 Å². The Morgan fingerprint density at radius 3 is 2.36 bits per heavy atom. The Labute approximate surface area is 127 Å². The van der Waals surface area contributed by atoms with E-state index in [0.717, 1.165) is 36.8 Å². The van der Waals surface area contributed by atoms with Crippen LogP contribution in [-0.4, -0.2) is 31.2 Å². The first-order valence-electron chi connectivity index (χ1n) is 7.44. The quantitative estimate of drug-likeness (QED) is 0.855. The number of nitrogens with two attached hydrogens (primary N) is 1. The first-order chi connectivity index (χ1) is 10.5. The highest BCUT2D eigenvalue weighted by Crippen LogP contribution is 2.45. The summed E-state index contributed by atoms with van der Waals surface area (Å²) in [6, 6.07) is 0. The Kier molecular flexibility index (Phi) is 2.65. The molecule has 2 aliphatic rings. The van der Waals surface area contributed by atoms with Crippen molar-refractivity contribution in [1.82, 2.24) is 25.1 Å². The van der Waals surface area contributed by atoms with E-state index >= 15 is 0 Å². The van der Waals surface area contributed by atoms with Crippen molar-refractivity contribution in [2.45, 2.75) is 36.8 Å². The van der Waals surface area contributed by atoms with Crippen LogP contribution >= 0.6 is 0 Å². The van der Waals surface area contributed by atoms with Gasteiger partial charge in [-0.05, 0) is 25.7 Å². The van der Waals surface area contributed by atoms with Crippen molar-refractivity contribution >= 4 is 5.91 Å². The van der Waals surface area contributed by atoms with Crippen molar-refractivity contribution in [3.63, 3.8) is 0 Å². The van der Waals surface area contributed by atoms with Crippen molar-refractivity contribution < 1.29 is 4.79 Å². The molecule has 0 aliphatic heterocycles. The lowest BCUT2D eigenvalue weighted by atomic mass is 10.1. The van der Waals surface area contributed by atoms with Gasteiger partial charge in [-0.2, -0.15) is 5.10 Å². The fraction of sp³-hybridized carbons (Fsp3) is 0.467. The molecule has 0 aromatic carbocycles. The zero-order chi connectivity index (χ0) is 15.4. The number of nitrogens with one attached hydrogen (secondary N) is 1. The average molecular weight is 298 g/mol. The molecule has 0 atom stereocenters. The molecule has 4 rings (SSSR count). The third-order valence-electron chi connectivity index (χ3n) is 4.46. The number of hydrogen-bond donors (Lipinski definition) is 2. The van der Waals surface area contributed by atoms with Crippen molar-refractivity contribution in [3.05, 3.63) is 30.6 Å². The second kappa shape index (κ2) is 4.36. The topological polar surface area (TPSA) is 98.7 Å². The van der Waals surface area contributed by atoms with Crippen LogP contribution in [0.15, 0.2) is 24.8 Å². The number of aryl methyl sites for hydroxylation is 1. The lowest BCUT2D eigenvalue weighted by molar-refractivity contribution is -0.124. The van der Waals surface area contributed by atoms with Gasteiger partial charge in [-0.25, -0.2) is 9.97 Å². The predicted molar refractivity (Wildman–Crippen MR) is 79.4 cm³/mol. The highest BCUT2D eigenvalue weighted by Gasteiger charge is 2.54. The summed E-state index contributed by atoms with van der Waals surface area (Å²) in [6.45, 7) is 0. The van der Waals surface area contributed by atoms with Crippen LogP contribution in [0.25, 0.3) is 11.1 Å². The lowest BCUT2D eigenvalue weighted by Crippen LogP contribution is -2.47. The van der Waals surface area contributed by atoms with E-state index < -0.39 is 11.1 Å². The van der Waals surface area contributed by atoms with Crippen molar-refractivity contribution in [2.75, 3.05) is 0 Å². The average Bonchev–Trinajstić information content (AvgIpc) is 3.41. The minimum atomic E-state index is -0.661. The van der Waals surface area contributed by atoms with Crippen molar-refractivity contribution in [1.29, 1.82) is 0 Å². The Balaban J connectivity index is 1.54. The molecule has 2 fully saturated rings. The first-order valence-corrected chi connectivity index (χ1v) is 7.44. The fourth-order valence-electron chi connectivity index (χ4n) is 2.53. The maximum atomic E-state index is 12.1. The Morgan fingerprint density at radius 1 is 1.18 bits per heavy atom. The van der Waals surface area contributed by atoms with Crippen LogP contribution in [0.5, 0.6) is 0 Å². The molecule has 0 unspecified atom stereocenters. The molecule has 7 nitrogen and oxygen atoms in total.